The average molecular weight is 261 g/mol. The molecule has 1 unspecified atom stereocenters. The van der Waals surface area contributed by atoms with Gasteiger partial charge in [-0.15, -0.1) is 11.8 Å². The van der Waals surface area contributed by atoms with Gasteiger partial charge in [-0.25, -0.2) is 4.98 Å². The van der Waals surface area contributed by atoms with E-state index in [4.69, 9.17) is 4.74 Å². The molecule has 2 rings (SSSR count). The lowest BCUT2D eigenvalue weighted by Crippen LogP contribution is -2.14. The van der Waals surface area contributed by atoms with Gasteiger partial charge in [0.1, 0.15) is 5.03 Å². The number of benzene rings is 1. The Morgan fingerprint density at radius 1 is 1.39 bits per heavy atom. The summed E-state index contributed by atoms with van der Waals surface area (Å²) in [5, 5.41) is 3.26. The first-order chi connectivity index (χ1) is 8.72. The number of nitrogens with zero attached hydrogens (tertiary/aromatic N) is 1. The van der Waals surface area contributed by atoms with Crippen LogP contribution in [0.1, 0.15) is 6.92 Å². The van der Waals surface area contributed by atoms with Crippen LogP contribution in [0.15, 0.2) is 41.6 Å². The molecule has 0 aliphatic rings. The zero-order valence-electron chi connectivity index (χ0n) is 10.4. The van der Waals surface area contributed by atoms with Crippen molar-refractivity contribution in [1.29, 1.82) is 0 Å². The molecule has 1 aromatic carbocycles. The fraction of sp³-hybridized carbons (Fsp3) is 0.286. The van der Waals surface area contributed by atoms with E-state index in [-0.39, 0.29) is 11.9 Å². The number of hydrogen-bond donors (Lipinski definition) is 0. The van der Waals surface area contributed by atoms with Crippen molar-refractivity contribution in [2.24, 2.45) is 5.92 Å². The number of rotatable bonds is 4. The third-order valence-corrected chi connectivity index (χ3v) is 3.98. The molecule has 94 valence electrons. The molecule has 18 heavy (non-hydrogen) atoms. The smallest absolute Gasteiger partial charge is 0.309 e. The molecular weight excluding hydrogens is 246 g/mol. The van der Waals surface area contributed by atoms with Crippen LogP contribution in [-0.2, 0) is 9.53 Å². The summed E-state index contributed by atoms with van der Waals surface area (Å²) >= 11 is 1.59. The van der Waals surface area contributed by atoms with Crippen molar-refractivity contribution in [3.63, 3.8) is 0 Å². The molecule has 1 atom stereocenters. The van der Waals surface area contributed by atoms with Gasteiger partial charge >= 0.3 is 5.97 Å². The monoisotopic (exact) mass is 261 g/mol. The van der Waals surface area contributed by atoms with Crippen molar-refractivity contribution in [3.8, 4) is 0 Å². The maximum Gasteiger partial charge on any atom is 0.309 e. The summed E-state index contributed by atoms with van der Waals surface area (Å²) in [5.41, 5.74) is 0. The molecule has 0 spiro atoms. The van der Waals surface area contributed by atoms with Crippen LogP contribution in [0.3, 0.4) is 0 Å². The Morgan fingerprint density at radius 2 is 2.17 bits per heavy atom. The van der Waals surface area contributed by atoms with E-state index in [0.29, 0.717) is 5.75 Å². The van der Waals surface area contributed by atoms with Crippen LogP contribution in [0, 0.1) is 5.92 Å². The van der Waals surface area contributed by atoms with Gasteiger partial charge in [0.15, 0.2) is 0 Å². The molecule has 0 bridgehead atoms. The number of carbonyl (C=O) groups excluding carboxylic acids is 1. The first-order valence-electron chi connectivity index (χ1n) is 5.76. The highest BCUT2D eigenvalue weighted by molar-refractivity contribution is 7.99. The van der Waals surface area contributed by atoms with E-state index in [9.17, 15) is 4.79 Å². The Bertz CT molecular complexity index is 551. The zero-order chi connectivity index (χ0) is 13.0. The molecule has 0 radical (unpaired) electrons. The van der Waals surface area contributed by atoms with Gasteiger partial charge < -0.3 is 4.74 Å². The summed E-state index contributed by atoms with van der Waals surface area (Å²) in [7, 11) is 1.42. The van der Waals surface area contributed by atoms with E-state index >= 15 is 0 Å². The fourth-order valence-corrected chi connectivity index (χ4v) is 2.70. The number of methoxy groups -OCH3 is 1. The zero-order valence-corrected chi connectivity index (χ0v) is 11.2. The Morgan fingerprint density at radius 3 is 2.94 bits per heavy atom. The van der Waals surface area contributed by atoms with E-state index in [0.717, 1.165) is 10.4 Å². The van der Waals surface area contributed by atoms with Crippen molar-refractivity contribution < 1.29 is 9.53 Å². The highest BCUT2D eigenvalue weighted by Gasteiger charge is 2.14. The van der Waals surface area contributed by atoms with E-state index < -0.39 is 0 Å². The summed E-state index contributed by atoms with van der Waals surface area (Å²) < 4.78 is 4.72. The molecule has 0 amide bonds. The van der Waals surface area contributed by atoms with Gasteiger partial charge in [-0.2, -0.15) is 0 Å². The standard InChI is InChI=1S/C14H15NO2S/c1-10(14(16)17-2)9-18-13-12-6-4-3-5-11(12)7-8-15-13/h3-8,10H,9H2,1-2H3. The fourth-order valence-electron chi connectivity index (χ4n) is 1.68. The van der Waals surface area contributed by atoms with Crippen LogP contribution in [0.5, 0.6) is 0 Å². The third-order valence-electron chi connectivity index (χ3n) is 2.71. The molecular formula is C14H15NO2S. The number of aromatic nitrogens is 1. The molecule has 2 aromatic rings. The number of fused-ring (bicyclic) bond motifs is 1. The first-order valence-corrected chi connectivity index (χ1v) is 6.75. The lowest BCUT2D eigenvalue weighted by atomic mass is 10.2. The van der Waals surface area contributed by atoms with Crippen molar-refractivity contribution in [2.75, 3.05) is 12.9 Å². The quantitative estimate of drug-likeness (QED) is 0.626. The second-order valence-corrected chi connectivity index (χ2v) is 5.08. The molecule has 0 N–H and O–H groups in total. The molecule has 4 heteroatoms. The summed E-state index contributed by atoms with van der Waals surface area (Å²) in [5.74, 6) is 0.372. The minimum absolute atomic E-state index is 0.124. The van der Waals surface area contributed by atoms with Crippen LogP contribution in [0.25, 0.3) is 10.8 Å². The molecule has 0 aliphatic heterocycles. The molecule has 1 aromatic heterocycles. The van der Waals surface area contributed by atoms with E-state index in [1.165, 1.54) is 12.5 Å². The van der Waals surface area contributed by atoms with Crippen LogP contribution >= 0.6 is 11.8 Å². The van der Waals surface area contributed by atoms with Crippen molar-refractivity contribution in [1.82, 2.24) is 4.98 Å². The van der Waals surface area contributed by atoms with E-state index in [2.05, 4.69) is 11.1 Å². The van der Waals surface area contributed by atoms with Gasteiger partial charge in [0.2, 0.25) is 0 Å². The number of pyridine rings is 1. The first kappa shape index (κ1) is 12.9. The highest BCUT2D eigenvalue weighted by Crippen LogP contribution is 2.27. The van der Waals surface area contributed by atoms with Crippen molar-refractivity contribution in [2.45, 2.75) is 11.9 Å². The van der Waals surface area contributed by atoms with Crippen molar-refractivity contribution in [3.05, 3.63) is 36.5 Å². The Balaban J connectivity index is 2.15. The second-order valence-electron chi connectivity index (χ2n) is 4.07. The number of carbonyl (C=O) groups is 1. The predicted molar refractivity (Wildman–Crippen MR) is 73.6 cm³/mol. The van der Waals surface area contributed by atoms with Crippen LogP contribution in [-0.4, -0.2) is 23.8 Å². The molecule has 0 aliphatic carbocycles. The minimum Gasteiger partial charge on any atom is -0.469 e. The molecule has 0 saturated carbocycles. The number of thioether (sulfide) groups is 1. The number of ether oxygens (including phenoxy) is 1. The van der Waals surface area contributed by atoms with Gasteiger partial charge in [-0.3, -0.25) is 4.79 Å². The lowest BCUT2D eigenvalue weighted by molar-refractivity contribution is -0.143. The second kappa shape index (κ2) is 5.87. The Labute approximate surface area is 111 Å². The average Bonchev–Trinajstić information content (AvgIpc) is 2.43. The third kappa shape index (κ3) is 2.82. The largest absolute Gasteiger partial charge is 0.469 e. The van der Waals surface area contributed by atoms with Gasteiger partial charge in [-0.1, -0.05) is 31.2 Å². The molecule has 0 saturated heterocycles. The van der Waals surface area contributed by atoms with Gasteiger partial charge in [0.05, 0.1) is 13.0 Å². The SMILES string of the molecule is COC(=O)C(C)CSc1nccc2ccccc12. The van der Waals surface area contributed by atoms with E-state index in [1.54, 1.807) is 18.0 Å². The summed E-state index contributed by atoms with van der Waals surface area (Å²) in [6, 6.07) is 10.1. The maximum absolute atomic E-state index is 11.3. The van der Waals surface area contributed by atoms with Crippen LogP contribution < -0.4 is 0 Å². The predicted octanol–water partition coefficient (Wildman–Crippen LogP) is 3.14. The van der Waals surface area contributed by atoms with Crippen LogP contribution in [0.4, 0.5) is 0 Å². The van der Waals surface area contributed by atoms with E-state index in [1.807, 2.05) is 31.2 Å². The topological polar surface area (TPSA) is 39.2 Å². The molecule has 3 nitrogen and oxygen atoms in total. The van der Waals surface area contributed by atoms with Crippen LogP contribution in [0.2, 0.25) is 0 Å². The van der Waals surface area contributed by atoms with Gasteiger partial charge in [0, 0.05) is 17.3 Å². The Kier molecular flexibility index (Phi) is 4.20. The molecule has 1 heterocycles. The normalized spacial score (nSPS) is 12.3. The summed E-state index contributed by atoms with van der Waals surface area (Å²) in [6.07, 6.45) is 1.80. The Hall–Kier alpha value is -1.55. The minimum atomic E-state index is -0.178. The van der Waals surface area contributed by atoms with Gasteiger partial charge in [-0.05, 0) is 11.5 Å². The lowest BCUT2D eigenvalue weighted by Gasteiger charge is -2.09. The highest BCUT2D eigenvalue weighted by atomic mass is 32.2. The van der Waals surface area contributed by atoms with Crippen molar-refractivity contribution >= 4 is 28.5 Å². The maximum atomic E-state index is 11.3. The molecule has 0 fully saturated rings. The summed E-state index contributed by atoms with van der Waals surface area (Å²) in [6.45, 7) is 1.87. The summed E-state index contributed by atoms with van der Waals surface area (Å²) in [4.78, 5) is 15.7. The van der Waals surface area contributed by atoms with Gasteiger partial charge in [0.25, 0.3) is 0 Å². The number of hydrogen-bond acceptors (Lipinski definition) is 4. The number of esters is 1.